The van der Waals surface area contributed by atoms with Crippen LogP contribution in [0.25, 0.3) is 16.8 Å². The minimum absolute atomic E-state index is 0.231. The lowest BCUT2D eigenvalue weighted by atomic mass is 10.0. The molecule has 19 heavy (non-hydrogen) atoms. The molecule has 0 atom stereocenters. The Bertz CT molecular complexity index is 671. The molecule has 3 heteroatoms. The van der Waals surface area contributed by atoms with Crippen LogP contribution in [0.2, 0.25) is 0 Å². The standard InChI is InChI=1S/C16H14O3/c1-2-15(17)19-14-10-11-6-5-9-18-16(11)13-8-4-3-7-12(13)14/h3-8,10H,2,9H2,1H3. The average molecular weight is 254 g/mol. The van der Waals surface area contributed by atoms with Crippen molar-refractivity contribution in [1.29, 1.82) is 0 Å². The SMILES string of the molecule is CCC(=O)Oc1cc2c(c3ccccc13)OCC=C2. The highest BCUT2D eigenvalue weighted by atomic mass is 16.5. The van der Waals surface area contributed by atoms with Crippen molar-refractivity contribution < 1.29 is 14.3 Å². The fraction of sp³-hybridized carbons (Fsp3) is 0.188. The lowest BCUT2D eigenvalue weighted by Crippen LogP contribution is -2.07. The number of carbonyl (C=O) groups is 1. The summed E-state index contributed by atoms with van der Waals surface area (Å²) in [4.78, 5) is 11.5. The fourth-order valence-electron chi connectivity index (χ4n) is 2.21. The molecule has 0 aromatic heterocycles. The maximum absolute atomic E-state index is 11.5. The van der Waals surface area contributed by atoms with Gasteiger partial charge in [-0.25, -0.2) is 0 Å². The average Bonchev–Trinajstić information content (AvgIpc) is 2.47. The normalized spacial score (nSPS) is 12.9. The third-order valence-electron chi connectivity index (χ3n) is 3.12. The second-order valence-corrected chi connectivity index (χ2v) is 4.38. The van der Waals surface area contributed by atoms with Gasteiger partial charge in [0.1, 0.15) is 18.1 Å². The van der Waals surface area contributed by atoms with Gasteiger partial charge in [-0.15, -0.1) is 0 Å². The monoisotopic (exact) mass is 254 g/mol. The molecule has 0 unspecified atom stereocenters. The maximum Gasteiger partial charge on any atom is 0.310 e. The molecule has 0 radical (unpaired) electrons. The van der Waals surface area contributed by atoms with E-state index in [1.807, 2.05) is 42.5 Å². The van der Waals surface area contributed by atoms with Gasteiger partial charge in [0, 0.05) is 22.8 Å². The van der Waals surface area contributed by atoms with Gasteiger partial charge in [-0.1, -0.05) is 37.3 Å². The van der Waals surface area contributed by atoms with E-state index < -0.39 is 0 Å². The Balaban J connectivity index is 2.22. The molecule has 0 saturated heterocycles. The number of benzene rings is 2. The minimum Gasteiger partial charge on any atom is -0.488 e. The molecule has 0 aliphatic carbocycles. The summed E-state index contributed by atoms with van der Waals surface area (Å²) < 4.78 is 11.1. The van der Waals surface area contributed by atoms with Crippen molar-refractivity contribution in [1.82, 2.24) is 0 Å². The van der Waals surface area contributed by atoms with Crippen molar-refractivity contribution in [3.63, 3.8) is 0 Å². The first-order valence-corrected chi connectivity index (χ1v) is 6.35. The van der Waals surface area contributed by atoms with Gasteiger partial charge in [0.05, 0.1) is 0 Å². The number of ether oxygens (including phenoxy) is 2. The first-order chi connectivity index (χ1) is 9.29. The second kappa shape index (κ2) is 4.76. The Kier molecular flexibility index (Phi) is 2.95. The van der Waals surface area contributed by atoms with Gasteiger partial charge < -0.3 is 9.47 Å². The van der Waals surface area contributed by atoms with Gasteiger partial charge in [-0.2, -0.15) is 0 Å². The molecule has 96 valence electrons. The molecule has 1 aliphatic rings. The molecule has 0 spiro atoms. The molecule has 1 heterocycles. The first kappa shape index (κ1) is 11.8. The van der Waals surface area contributed by atoms with E-state index in [1.165, 1.54) is 0 Å². The number of hydrogen-bond acceptors (Lipinski definition) is 3. The summed E-state index contributed by atoms with van der Waals surface area (Å²) in [5.74, 6) is 1.22. The zero-order valence-electron chi connectivity index (χ0n) is 10.7. The van der Waals surface area contributed by atoms with Crippen LogP contribution in [0.3, 0.4) is 0 Å². The van der Waals surface area contributed by atoms with Crippen molar-refractivity contribution in [3.8, 4) is 11.5 Å². The predicted molar refractivity (Wildman–Crippen MR) is 74.4 cm³/mol. The highest BCUT2D eigenvalue weighted by Crippen LogP contribution is 2.38. The van der Waals surface area contributed by atoms with Gasteiger partial charge in [0.25, 0.3) is 0 Å². The molecular formula is C16H14O3. The molecule has 0 bridgehead atoms. The molecular weight excluding hydrogens is 240 g/mol. The van der Waals surface area contributed by atoms with E-state index in [4.69, 9.17) is 9.47 Å². The van der Waals surface area contributed by atoms with E-state index in [2.05, 4.69) is 0 Å². The van der Waals surface area contributed by atoms with Crippen molar-refractivity contribution >= 4 is 22.8 Å². The Hall–Kier alpha value is -2.29. The third kappa shape index (κ3) is 2.08. The van der Waals surface area contributed by atoms with Crippen LogP contribution in [-0.2, 0) is 4.79 Å². The molecule has 3 rings (SSSR count). The molecule has 0 fully saturated rings. The summed E-state index contributed by atoms with van der Waals surface area (Å²) in [6, 6.07) is 9.67. The number of rotatable bonds is 2. The van der Waals surface area contributed by atoms with Crippen LogP contribution in [0.5, 0.6) is 11.5 Å². The topological polar surface area (TPSA) is 35.5 Å². The molecule has 0 N–H and O–H groups in total. The smallest absolute Gasteiger partial charge is 0.310 e. The summed E-state index contributed by atoms with van der Waals surface area (Å²) in [6.45, 7) is 2.36. The minimum atomic E-state index is -0.231. The van der Waals surface area contributed by atoms with Crippen molar-refractivity contribution in [2.75, 3.05) is 6.61 Å². The van der Waals surface area contributed by atoms with Crippen LogP contribution in [0.4, 0.5) is 0 Å². The van der Waals surface area contributed by atoms with Gasteiger partial charge >= 0.3 is 5.97 Å². The number of fused-ring (bicyclic) bond motifs is 3. The quantitative estimate of drug-likeness (QED) is 0.607. The number of carbonyl (C=O) groups excluding carboxylic acids is 1. The molecule has 2 aromatic rings. The lowest BCUT2D eigenvalue weighted by Gasteiger charge is -2.17. The Morgan fingerprint density at radius 2 is 2.11 bits per heavy atom. The maximum atomic E-state index is 11.5. The molecule has 3 nitrogen and oxygen atoms in total. The van der Waals surface area contributed by atoms with E-state index in [9.17, 15) is 4.79 Å². The summed E-state index contributed by atoms with van der Waals surface area (Å²) >= 11 is 0. The summed E-state index contributed by atoms with van der Waals surface area (Å²) in [5, 5.41) is 1.88. The van der Waals surface area contributed by atoms with Gasteiger partial charge in [0.15, 0.2) is 0 Å². The van der Waals surface area contributed by atoms with Crippen molar-refractivity contribution in [2.45, 2.75) is 13.3 Å². The Labute approximate surface area is 111 Å². The zero-order valence-corrected chi connectivity index (χ0v) is 10.7. The zero-order chi connectivity index (χ0) is 13.2. The largest absolute Gasteiger partial charge is 0.488 e. The van der Waals surface area contributed by atoms with Crippen LogP contribution in [-0.4, -0.2) is 12.6 Å². The van der Waals surface area contributed by atoms with Gasteiger partial charge in [-0.05, 0) is 12.1 Å². The van der Waals surface area contributed by atoms with Crippen molar-refractivity contribution in [3.05, 3.63) is 42.0 Å². The van der Waals surface area contributed by atoms with Crippen LogP contribution < -0.4 is 9.47 Å². The van der Waals surface area contributed by atoms with E-state index >= 15 is 0 Å². The number of esters is 1. The fourth-order valence-corrected chi connectivity index (χ4v) is 2.21. The van der Waals surface area contributed by atoms with E-state index in [0.29, 0.717) is 18.8 Å². The lowest BCUT2D eigenvalue weighted by molar-refractivity contribution is -0.133. The molecule has 0 saturated carbocycles. The Morgan fingerprint density at radius 3 is 2.89 bits per heavy atom. The summed E-state index contributed by atoms with van der Waals surface area (Å²) in [5.41, 5.74) is 0.948. The van der Waals surface area contributed by atoms with Crippen LogP contribution >= 0.6 is 0 Å². The third-order valence-corrected chi connectivity index (χ3v) is 3.12. The first-order valence-electron chi connectivity index (χ1n) is 6.35. The Morgan fingerprint density at radius 1 is 1.32 bits per heavy atom. The molecule has 1 aliphatic heterocycles. The van der Waals surface area contributed by atoms with E-state index in [-0.39, 0.29) is 5.97 Å². The summed E-state index contributed by atoms with van der Waals surface area (Å²) in [6.07, 6.45) is 4.30. The van der Waals surface area contributed by atoms with E-state index in [0.717, 1.165) is 22.1 Å². The molecule has 0 amide bonds. The van der Waals surface area contributed by atoms with Crippen LogP contribution in [0.1, 0.15) is 18.9 Å². The van der Waals surface area contributed by atoms with Crippen LogP contribution in [0.15, 0.2) is 36.4 Å². The van der Waals surface area contributed by atoms with Crippen molar-refractivity contribution in [2.24, 2.45) is 0 Å². The molecule has 2 aromatic carbocycles. The predicted octanol–water partition coefficient (Wildman–Crippen LogP) is 3.56. The summed E-state index contributed by atoms with van der Waals surface area (Å²) in [7, 11) is 0. The van der Waals surface area contributed by atoms with Crippen LogP contribution in [0, 0.1) is 0 Å². The number of hydrogen-bond donors (Lipinski definition) is 0. The second-order valence-electron chi connectivity index (χ2n) is 4.38. The van der Waals surface area contributed by atoms with E-state index in [1.54, 1.807) is 6.92 Å². The highest BCUT2D eigenvalue weighted by Gasteiger charge is 2.15. The highest BCUT2D eigenvalue weighted by molar-refractivity contribution is 5.98. The van der Waals surface area contributed by atoms with Gasteiger partial charge in [-0.3, -0.25) is 4.79 Å². The van der Waals surface area contributed by atoms with Gasteiger partial charge in [0.2, 0.25) is 0 Å².